The summed E-state index contributed by atoms with van der Waals surface area (Å²) < 4.78 is 38.2. The lowest BCUT2D eigenvalue weighted by Crippen LogP contribution is -2.23. The van der Waals surface area contributed by atoms with Crippen LogP contribution in [0.15, 0.2) is 24.3 Å². The molecule has 1 aliphatic rings. The van der Waals surface area contributed by atoms with Crippen LogP contribution in [-0.2, 0) is 12.7 Å². The molecule has 5 heteroatoms. The number of halogens is 3. The van der Waals surface area contributed by atoms with E-state index in [4.69, 9.17) is 0 Å². The molecule has 2 nitrogen and oxygen atoms in total. The zero-order chi connectivity index (χ0) is 12.5. The van der Waals surface area contributed by atoms with Crippen LogP contribution in [0.2, 0.25) is 0 Å². The first kappa shape index (κ1) is 12.4. The highest BCUT2D eigenvalue weighted by molar-refractivity contribution is 5.29. The summed E-state index contributed by atoms with van der Waals surface area (Å²) in [6.07, 6.45) is -4.09. The van der Waals surface area contributed by atoms with Gasteiger partial charge < -0.3 is 5.11 Å². The minimum atomic E-state index is -4.31. The average molecular weight is 245 g/mol. The first-order valence-corrected chi connectivity index (χ1v) is 5.52. The third-order valence-corrected chi connectivity index (χ3v) is 2.96. The van der Waals surface area contributed by atoms with Crippen LogP contribution in [-0.4, -0.2) is 29.2 Å². The number of benzene rings is 1. The largest absolute Gasteiger partial charge is 0.416 e. The van der Waals surface area contributed by atoms with Crippen molar-refractivity contribution in [1.82, 2.24) is 4.90 Å². The van der Waals surface area contributed by atoms with Gasteiger partial charge in [0, 0.05) is 19.6 Å². The normalized spacial score (nSPS) is 22.0. The Hall–Kier alpha value is -1.07. The summed E-state index contributed by atoms with van der Waals surface area (Å²) >= 11 is 0. The molecular formula is C12H14F3NO. The number of nitrogens with zero attached hydrogens (tertiary/aromatic N) is 1. The van der Waals surface area contributed by atoms with Crippen LogP contribution < -0.4 is 0 Å². The third kappa shape index (κ3) is 2.98. The van der Waals surface area contributed by atoms with Gasteiger partial charge in [0.1, 0.15) is 0 Å². The smallest absolute Gasteiger partial charge is 0.392 e. The molecule has 1 N–H and O–H groups in total. The monoisotopic (exact) mass is 245 g/mol. The minimum absolute atomic E-state index is 0.243. The molecule has 0 spiro atoms. The maximum absolute atomic E-state index is 12.7. The highest BCUT2D eigenvalue weighted by Gasteiger charge is 2.33. The summed E-state index contributed by atoms with van der Waals surface area (Å²) in [7, 11) is 0. The van der Waals surface area contributed by atoms with Gasteiger partial charge >= 0.3 is 6.18 Å². The van der Waals surface area contributed by atoms with Crippen molar-refractivity contribution in [2.24, 2.45) is 0 Å². The van der Waals surface area contributed by atoms with E-state index in [-0.39, 0.29) is 12.1 Å². The summed E-state index contributed by atoms with van der Waals surface area (Å²) in [6.45, 7) is 1.34. The number of aliphatic hydroxyl groups excluding tert-OH is 1. The molecule has 2 rings (SSSR count). The maximum Gasteiger partial charge on any atom is 0.416 e. The molecule has 1 aliphatic heterocycles. The fraction of sp³-hybridized carbons (Fsp3) is 0.500. The van der Waals surface area contributed by atoms with Gasteiger partial charge in [0.2, 0.25) is 0 Å². The highest BCUT2D eigenvalue weighted by Crippen LogP contribution is 2.32. The molecular weight excluding hydrogens is 231 g/mol. The number of aliphatic hydroxyl groups is 1. The van der Waals surface area contributed by atoms with Crippen molar-refractivity contribution in [3.8, 4) is 0 Å². The van der Waals surface area contributed by atoms with E-state index < -0.39 is 17.8 Å². The molecule has 0 saturated carbocycles. The molecule has 0 unspecified atom stereocenters. The van der Waals surface area contributed by atoms with Crippen LogP contribution >= 0.6 is 0 Å². The van der Waals surface area contributed by atoms with Gasteiger partial charge in [-0.2, -0.15) is 13.2 Å². The molecule has 0 radical (unpaired) electrons. The predicted molar refractivity (Wildman–Crippen MR) is 57.3 cm³/mol. The standard InChI is InChI=1S/C12H14F3NO/c13-12(14,15)11-4-2-1-3-9(11)7-16-6-5-10(17)8-16/h1-4,10,17H,5-8H2/t10-/m0/s1. The first-order chi connectivity index (χ1) is 7.97. The number of hydrogen-bond donors (Lipinski definition) is 1. The quantitative estimate of drug-likeness (QED) is 0.864. The molecule has 0 aliphatic carbocycles. The summed E-state index contributed by atoms with van der Waals surface area (Å²) in [4.78, 5) is 1.84. The van der Waals surface area contributed by atoms with Crippen molar-refractivity contribution in [1.29, 1.82) is 0 Å². The molecule has 1 aromatic rings. The van der Waals surface area contributed by atoms with Crippen molar-refractivity contribution in [3.63, 3.8) is 0 Å². The van der Waals surface area contributed by atoms with E-state index in [0.29, 0.717) is 19.5 Å². The van der Waals surface area contributed by atoms with E-state index in [1.165, 1.54) is 12.1 Å². The Balaban J connectivity index is 2.15. The zero-order valence-corrected chi connectivity index (χ0v) is 9.24. The Bertz CT molecular complexity index is 392. The van der Waals surface area contributed by atoms with E-state index >= 15 is 0 Å². The summed E-state index contributed by atoms with van der Waals surface area (Å²) in [6, 6.07) is 5.59. The van der Waals surface area contributed by atoms with E-state index in [0.717, 1.165) is 6.07 Å². The van der Waals surface area contributed by atoms with E-state index in [1.54, 1.807) is 6.07 Å². The molecule has 1 aromatic carbocycles. The number of hydrogen-bond acceptors (Lipinski definition) is 2. The summed E-state index contributed by atoms with van der Waals surface area (Å²) in [5.41, 5.74) is -0.310. The fourth-order valence-corrected chi connectivity index (χ4v) is 2.13. The molecule has 0 bridgehead atoms. The highest BCUT2D eigenvalue weighted by atomic mass is 19.4. The van der Waals surface area contributed by atoms with Crippen LogP contribution in [0, 0.1) is 0 Å². The van der Waals surface area contributed by atoms with Crippen molar-refractivity contribution in [3.05, 3.63) is 35.4 Å². The lowest BCUT2D eigenvalue weighted by molar-refractivity contribution is -0.138. The van der Waals surface area contributed by atoms with E-state index in [9.17, 15) is 18.3 Å². The Morgan fingerprint density at radius 3 is 2.59 bits per heavy atom. The number of likely N-dealkylation sites (tertiary alicyclic amines) is 1. The Morgan fingerprint density at radius 2 is 2.00 bits per heavy atom. The van der Waals surface area contributed by atoms with Crippen LogP contribution in [0.3, 0.4) is 0 Å². The second-order valence-electron chi connectivity index (χ2n) is 4.33. The van der Waals surface area contributed by atoms with Crippen LogP contribution in [0.5, 0.6) is 0 Å². The van der Waals surface area contributed by atoms with E-state index in [1.807, 2.05) is 4.90 Å². The van der Waals surface area contributed by atoms with Gasteiger partial charge in [-0.15, -0.1) is 0 Å². The molecule has 17 heavy (non-hydrogen) atoms. The van der Waals surface area contributed by atoms with Crippen molar-refractivity contribution in [2.45, 2.75) is 25.2 Å². The van der Waals surface area contributed by atoms with Crippen LogP contribution in [0.1, 0.15) is 17.5 Å². The predicted octanol–water partition coefficient (Wildman–Crippen LogP) is 2.27. The molecule has 1 fully saturated rings. The number of rotatable bonds is 2. The minimum Gasteiger partial charge on any atom is -0.392 e. The van der Waals surface area contributed by atoms with Gasteiger partial charge in [-0.3, -0.25) is 4.90 Å². The molecule has 0 aromatic heterocycles. The maximum atomic E-state index is 12.7. The lowest BCUT2D eigenvalue weighted by Gasteiger charge is -2.18. The fourth-order valence-electron chi connectivity index (χ4n) is 2.13. The molecule has 1 saturated heterocycles. The van der Waals surface area contributed by atoms with Gasteiger partial charge in [-0.1, -0.05) is 18.2 Å². The molecule has 1 heterocycles. The second kappa shape index (κ2) is 4.66. The Morgan fingerprint density at radius 1 is 1.29 bits per heavy atom. The molecule has 0 amide bonds. The van der Waals surface area contributed by atoms with Gasteiger partial charge in [0.05, 0.1) is 11.7 Å². The SMILES string of the molecule is O[C@H]1CCN(Cc2ccccc2C(F)(F)F)C1. The Labute approximate surface area is 97.7 Å². The van der Waals surface area contributed by atoms with Gasteiger partial charge in [0.25, 0.3) is 0 Å². The van der Waals surface area contributed by atoms with Crippen LogP contribution in [0.25, 0.3) is 0 Å². The van der Waals surface area contributed by atoms with Gasteiger partial charge in [-0.25, -0.2) is 0 Å². The topological polar surface area (TPSA) is 23.5 Å². The Kier molecular flexibility index (Phi) is 3.40. The second-order valence-corrected chi connectivity index (χ2v) is 4.33. The van der Waals surface area contributed by atoms with E-state index in [2.05, 4.69) is 0 Å². The first-order valence-electron chi connectivity index (χ1n) is 5.52. The average Bonchev–Trinajstić information content (AvgIpc) is 2.63. The van der Waals surface area contributed by atoms with Gasteiger partial charge in [0.15, 0.2) is 0 Å². The lowest BCUT2D eigenvalue weighted by atomic mass is 10.1. The summed E-state index contributed by atoms with van der Waals surface area (Å²) in [5, 5.41) is 9.34. The molecule has 1 atom stereocenters. The third-order valence-electron chi connectivity index (χ3n) is 2.96. The van der Waals surface area contributed by atoms with Crippen molar-refractivity contribution >= 4 is 0 Å². The van der Waals surface area contributed by atoms with Crippen molar-refractivity contribution < 1.29 is 18.3 Å². The van der Waals surface area contributed by atoms with Crippen LogP contribution in [0.4, 0.5) is 13.2 Å². The van der Waals surface area contributed by atoms with Crippen molar-refractivity contribution in [2.75, 3.05) is 13.1 Å². The van der Waals surface area contributed by atoms with Gasteiger partial charge in [-0.05, 0) is 18.1 Å². The zero-order valence-electron chi connectivity index (χ0n) is 9.24. The summed E-state index contributed by atoms with van der Waals surface area (Å²) in [5.74, 6) is 0. The number of alkyl halides is 3. The molecule has 94 valence electrons. The number of β-amino-alcohol motifs (C(OH)–C–C–N with tert-alkyl or cyclic N) is 1.